The summed E-state index contributed by atoms with van der Waals surface area (Å²) < 4.78 is 0. The van der Waals surface area contributed by atoms with Gasteiger partial charge in [-0.15, -0.1) is 0 Å². The number of carbonyl (C=O) groups excluding carboxylic acids is 2. The molecule has 1 aliphatic carbocycles. The molecule has 0 bridgehead atoms. The minimum atomic E-state index is -0.0261. The molecule has 1 aliphatic heterocycles. The van der Waals surface area contributed by atoms with E-state index in [2.05, 4.69) is 24.8 Å². The van der Waals surface area contributed by atoms with Crippen LogP contribution < -0.4 is 0 Å². The Morgan fingerprint density at radius 3 is 2.59 bits per heavy atom. The van der Waals surface area contributed by atoms with Crippen LogP contribution in [0, 0.1) is 17.8 Å². The molecule has 1 heterocycles. The standard InChI is InChI=1S/C20H19NO2.2C2H6/c1-15-6-4-9-19-18(15)12-11-16-7-2-3-8-17(16)14-21(19)20(23)10-5-13-22;2*1-2/h2-4,7-9,13,15H,5-6,10,14H2,1H3;2*1-2H3. The van der Waals surface area contributed by atoms with Crippen LogP contribution in [-0.2, 0) is 16.1 Å². The predicted molar refractivity (Wildman–Crippen MR) is 112 cm³/mol. The fourth-order valence-corrected chi connectivity index (χ4v) is 2.98. The summed E-state index contributed by atoms with van der Waals surface area (Å²) in [5.41, 5.74) is 3.91. The van der Waals surface area contributed by atoms with Crippen LogP contribution >= 0.6 is 0 Å². The molecule has 1 unspecified atom stereocenters. The van der Waals surface area contributed by atoms with E-state index in [-0.39, 0.29) is 18.7 Å². The monoisotopic (exact) mass is 365 g/mol. The largest absolute Gasteiger partial charge is 0.307 e. The number of allylic oxidation sites excluding steroid dienone is 3. The Labute approximate surface area is 164 Å². The minimum Gasteiger partial charge on any atom is -0.307 e. The highest BCUT2D eigenvalue weighted by molar-refractivity contribution is 5.81. The first kappa shape index (κ1) is 22.4. The van der Waals surface area contributed by atoms with Crippen LogP contribution in [0.2, 0.25) is 0 Å². The maximum atomic E-state index is 12.6. The quantitative estimate of drug-likeness (QED) is 0.541. The SMILES string of the molecule is CC.CC.CC1CC=CC2=C1C#Cc1ccccc1CN2C(=O)CCC=O. The summed E-state index contributed by atoms with van der Waals surface area (Å²) in [5, 5.41) is 0. The van der Waals surface area contributed by atoms with Crippen LogP contribution in [0.4, 0.5) is 0 Å². The lowest BCUT2D eigenvalue weighted by atomic mass is 9.89. The summed E-state index contributed by atoms with van der Waals surface area (Å²) in [5.74, 6) is 6.82. The molecule has 3 nitrogen and oxygen atoms in total. The predicted octanol–water partition coefficient (Wildman–Crippen LogP) is 5.26. The summed E-state index contributed by atoms with van der Waals surface area (Å²) >= 11 is 0. The van der Waals surface area contributed by atoms with Crippen LogP contribution in [0.25, 0.3) is 0 Å². The van der Waals surface area contributed by atoms with Gasteiger partial charge in [-0.1, -0.05) is 70.7 Å². The van der Waals surface area contributed by atoms with Crippen molar-refractivity contribution < 1.29 is 9.59 Å². The van der Waals surface area contributed by atoms with Gasteiger partial charge in [-0.2, -0.15) is 0 Å². The van der Waals surface area contributed by atoms with E-state index in [1.54, 1.807) is 4.90 Å². The molecule has 1 amide bonds. The Hall–Kier alpha value is -2.60. The number of fused-ring (bicyclic) bond motifs is 1. The van der Waals surface area contributed by atoms with Gasteiger partial charge in [-0.25, -0.2) is 0 Å². The summed E-state index contributed by atoms with van der Waals surface area (Å²) in [6.07, 6.45) is 6.31. The highest BCUT2D eigenvalue weighted by Crippen LogP contribution is 2.30. The van der Waals surface area contributed by atoms with E-state index in [1.807, 2.05) is 58.0 Å². The lowest BCUT2D eigenvalue weighted by Crippen LogP contribution is -2.32. The third kappa shape index (κ3) is 5.69. The molecule has 0 saturated carbocycles. The van der Waals surface area contributed by atoms with Gasteiger partial charge in [-0.05, 0) is 30.0 Å². The van der Waals surface area contributed by atoms with Crippen molar-refractivity contribution in [3.63, 3.8) is 0 Å². The molecular weight excluding hydrogens is 334 g/mol. The summed E-state index contributed by atoms with van der Waals surface area (Å²) in [6, 6.07) is 7.93. The molecule has 1 aromatic carbocycles. The van der Waals surface area contributed by atoms with Gasteiger partial charge in [0.25, 0.3) is 0 Å². The Bertz CT molecular complexity index is 762. The molecule has 0 radical (unpaired) electrons. The maximum Gasteiger partial charge on any atom is 0.227 e. The Balaban J connectivity index is 0.000000855. The molecule has 3 rings (SSSR count). The van der Waals surface area contributed by atoms with Crippen molar-refractivity contribution in [2.75, 3.05) is 0 Å². The first-order valence-electron chi connectivity index (χ1n) is 9.95. The fourth-order valence-electron chi connectivity index (χ4n) is 2.98. The molecule has 0 saturated heterocycles. The van der Waals surface area contributed by atoms with Gasteiger partial charge in [-0.3, -0.25) is 4.79 Å². The van der Waals surface area contributed by atoms with Gasteiger partial charge < -0.3 is 9.69 Å². The second-order valence-electron chi connectivity index (χ2n) is 5.93. The van der Waals surface area contributed by atoms with Gasteiger partial charge in [0, 0.05) is 24.0 Å². The molecule has 3 heteroatoms. The zero-order valence-corrected chi connectivity index (χ0v) is 17.2. The van der Waals surface area contributed by atoms with Crippen molar-refractivity contribution in [1.82, 2.24) is 4.90 Å². The molecule has 0 spiro atoms. The van der Waals surface area contributed by atoms with Crippen molar-refractivity contribution in [1.29, 1.82) is 0 Å². The van der Waals surface area contributed by atoms with Gasteiger partial charge >= 0.3 is 0 Å². The number of amides is 1. The number of hydrogen-bond acceptors (Lipinski definition) is 2. The van der Waals surface area contributed by atoms with Gasteiger partial charge in [0.15, 0.2) is 0 Å². The highest BCUT2D eigenvalue weighted by Gasteiger charge is 2.25. The Morgan fingerprint density at radius 1 is 1.19 bits per heavy atom. The second kappa shape index (κ2) is 11.9. The zero-order chi connectivity index (χ0) is 20.2. The van der Waals surface area contributed by atoms with Crippen LogP contribution in [0.3, 0.4) is 0 Å². The average Bonchev–Trinajstić information content (AvgIpc) is 2.71. The van der Waals surface area contributed by atoms with Crippen molar-refractivity contribution in [3.8, 4) is 11.8 Å². The molecule has 1 atom stereocenters. The van der Waals surface area contributed by atoms with Crippen LogP contribution in [0.5, 0.6) is 0 Å². The molecule has 2 aliphatic rings. The van der Waals surface area contributed by atoms with Crippen molar-refractivity contribution in [3.05, 3.63) is 58.8 Å². The molecule has 27 heavy (non-hydrogen) atoms. The number of rotatable bonds is 3. The van der Waals surface area contributed by atoms with Crippen molar-refractivity contribution in [2.24, 2.45) is 5.92 Å². The number of nitrogens with zero attached hydrogens (tertiary/aromatic N) is 1. The highest BCUT2D eigenvalue weighted by atomic mass is 16.2. The van der Waals surface area contributed by atoms with E-state index in [4.69, 9.17) is 0 Å². The number of aldehydes is 1. The third-order valence-electron chi connectivity index (χ3n) is 4.28. The Kier molecular flexibility index (Phi) is 9.90. The normalized spacial score (nSPS) is 16.6. The Morgan fingerprint density at radius 2 is 1.89 bits per heavy atom. The van der Waals surface area contributed by atoms with E-state index in [0.717, 1.165) is 35.1 Å². The zero-order valence-electron chi connectivity index (χ0n) is 17.2. The molecule has 0 aromatic heterocycles. The van der Waals surface area contributed by atoms with E-state index in [0.29, 0.717) is 12.5 Å². The number of hydrogen-bond donors (Lipinski definition) is 0. The van der Waals surface area contributed by atoms with E-state index >= 15 is 0 Å². The first-order valence-corrected chi connectivity index (χ1v) is 9.95. The number of carbonyl (C=O) groups is 2. The summed E-state index contributed by atoms with van der Waals surface area (Å²) in [4.78, 5) is 25.1. The summed E-state index contributed by atoms with van der Waals surface area (Å²) in [7, 11) is 0. The van der Waals surface area contributed by atoms with E-state index in [9.17, 15) is 9.59 Å². The van der Waals surface area contributed by atoms with Crippen LogP contribution in [0.1, 0.15) is 65.0 Å². The first-order chi connectivity index (χ1) is 13.2. The number of benzene rings is 1. The minimum absolute atomic E-state index is 0.0261. The van der Waals surface area contributed by atoms with Gasteiger partial charge in [0.05, 0.1) is 12.2 Å². The topological polar surface area (TPSA) is 37.4 Å². The molecule has 0 fully saturated rings. The fraction of sp³-hybridized carbons (Fsp3) is 0.417. The molecule has 0 N–H and O–H groups in total. The molecule has 144 valence electrons. The molecule has 1 aromatic rings. The lowest BCUT2D eigenvalue weighted by Gasteiger charge is -2.30. The third-order valence-corrected chi connectivity index (χ3v) is 4.28. The van der Waals surface area contributed by atoms with E-state index < -0.39 is 0 Å². The van der Waals surface area contributed by atoms with Crippen molar-refractivity contribution in [2.45, 2.75) is 60.4 Å². The molecular formula is C24H31NO2. The second-order valence-corrected chi connectivity index (χ2v) is 5.93. The lowest BCUT2D eigenvalue weighted by molar-refractivity contribution is -0.130. The van der Waals surface area contributed by atoms with Gasteiger partial charge in [0.1, 0.15) is 6.29 Å². The maximum absolute atomic E-state index is 12.6. The van der Waals surface area contributed by atoms with Crippen molar-refractivity contribution >= 4 is 12.2 Å². The van der Waals surface area contributed by atoms with Crippen LogP contribution in [-0.4, -0.2) is 17.1 Å². The summed E-state index contributed by atoms with van der Waals surface area (Å²) in [6.45, 7) is 10.6. The van der Waals surface area contributed by atoms with E-state index in [1.165, 1.54) is 0 Å². The van der Waals surface area contributed by atoms with Gasteiger partial charge in [0.2, 0.25) is 5.91 Å². The average molecular weight is 366 g/mol. The van der Waals surface area contributed by atoms with Crippen LogP contribution in [0.15, 0.2) is 47.7 Å². The smallest absolute Gasteiger partial charge is 0.227 e.